The lowest BCUT2D eigenvalue weighted by atomic mass is 10.1. The van der Waals surface area contributed by atoms with Gasteiger partial charge in [0.15, 0.2) is 5.75 Å². The fraction of sp³-hybridized carbons (Fsp3) is 0.417. The number of rotatable bonds is 5. The summed E-state index contributed by atoms with van der Waals surface area (Å²) in [4.78, 5) is 8.46. The molecule has 2 aromatic rings. The molecule has 2 aromatic heterocycles. The molecule has 0 fully saturated rings. The molecule has 1 unspecified atom stereocenters. The average molecular weight is 247 g/mol. The molecule has 18 heavy (non-hydrogen) atoms. The third-order valence-corrected chi connectivity index (χ3v) is 2.73. The Bertz CT molecular complexity index is 496. The molecule has 0 aliphatic rings. The number of nitrogens with zero attached hydrogens (tertiary/aromatic N) is 4. The molecule has 6 heteroatoms. The van der Waals surface area contributed by atoms with E-state index in [-0.39, 0.29) is 6.04 Å². The molecule has 0 amide bonds. The van der Waals surface area contributed by atoms with E-state index < -0.39 is 0 Å². The van der Waals surface area contributed by atoms with E-state index in [9.17, 15) is 0 Å². The third kappa shape index (κ3) is 2.33. The molecule has 0 saturated carbocycles. The van der Waals surface area contributed by atoms with Crippen LogP contribution in [-0.2, 0) is 7.05 Å². The molecule has 6 nitrogen and oxygen atoms in total. The lowest BCUT2D eigenvalue weighted by molar-refractivity contribution is 0.400. The minimum Gasteiger partial charge on any atom is -0.493 e. The first-order valence-corrected chi connectivity index (χ1v) is 5.83. The molecule has 2 heterocycles. The van der Waals surface area contributed by atoms with E-state index >= 15 is 0 Å². The molecule has 0 saturated heterocycles. The van der Waals surface area contributed by atoms with Gasteiger partial charge >= 0.3 is 0 Å². The topological polar surface area (TPSA) is 64.9 Å². The van der Waals surface area contributed by atoms with Gasteiger partial charge in [-0.2, -0.15) is 5.10 Å². The Labute approximate surface area is 106 Å². The van der Waals surface area contributed by atoms with Crippen molar-refractivity contribution >= 4 is 0 Å². The Morgan fingerprint density at radius 1 is 1.39 bits per heavy atom. The van der Waals surface area contributed by atoms with Crippen LogP contribution in [0.1, 0.15) is 24.4 Å². The van der Waals surface area contributed by atoms with Crippen molar-refractivity contribution in [2.24, 2.45) is 7.05 Å². The van der Waals surface area contributed by atoms with Crippen molar-refractivity contribution < 1.29 is 4.74 Å². The second-order valence-corrected chi connectivity index (χ2v) is 3.84. The van der Waals surface area contributed by atoms with Gasteiger partial charge in [0.2, 0.25) is 0 Å². The number of nitrogens with one attached hydrogen (secondary N) is 1. The van der Waals surface area contributed by atoms with Gasteiger partial charge in [-0.05, 0) is 6.54 Å². The van der Waals surface area contributed by atoms with Crippen LogP contribution in [0, 0.1) is 0 Å². The largest absolute Gasteiger partial charge is 0.493 e. The number of aromatic nitrogens is 4. The van der Waals surface area contributed by atoms with Gasteiger partial charge in [0.1, 0.15) is 5.69 Å². The number of hydrogen-bond donors (Lipinski definition) is 1. The highest BCUT2D eigenvalue weighted by molar-refractivity contribution is 5.33. The van der Waals surface area contributed by atoms with Crippen LogP contribution in [0.15, 0.2) is 24.8 Å². The summed E-state index contributed by atoms with van der Waals surface area (Å²) in [6.07, 6.45) is 6.80. The average Bonchev–Trinajstić information content (AvgIpc) is 2.78. The summed E-state index contributed by atoms with van der Waals surface area (Å²) >= 11 is 0. The molecule has 0 spiro atoms. The minimum atomic E-state index is -0.0776. The van der Waals surface area contributed by atoms with Crippen LogP contribution in [0.5, 0.6) is 5.75 Å². The predicted molar refractivity (Wildman–Crippen MR) is 67.3 cm³/mol. The Morgan fingerprint density at radius 3 is 2.83 bits per heavy atom. The van der Waals surface area contributed by atoms with Gasteiger partial charge in [0.05, 0.1) is 31.2 Å². The van der Waals surface area contributed by atoms with E-state index in [0.29, 0.717) is 0 Å². The second kappa shape index (κ2) is 5.59. The number of ether oxygens (including phenoxy) is 1. The van der Waals surface area contributed by atoms with Gasteiger partial charge in [0.25, 0.3) is 0 Å². The van der Waals surface area contributed by atoms with Crippen LogP contribution in [-0.4, -0.2) is 33.4 Å². The molecule has 96 valence electrons. The monoisotopic (exact) mass is 247 g/mol. The van der Waals surface area contributed by atoms with Crippen LogP contribution in [0.2, 0.25) is 0 Å². The number of hydrogen-bond acceptors (Lipinski definition) is 5. The van der Waals surface area contributed by atoms with Crippen LogP contribution >= 0.6 is 0 Å². The highest BCUT2D eigenvalue weighted by Gasteiger charge is 2.22. The van der Waals surface area contributed by atoms with Crippen molar-refractivity contribution in [1.29, 1.82) is 0 Å². The maximum absolute atomic E-state index is 5.34. The number of methoxy groups -OCH3 is 1. The van der Waals surface area contributed by atoms with Gasteiger partial charge in [-0.3, -0.25) is 14.6 Å². The van der Waals surface area contributed by atoms with E-state index in [2.05, 4.69) is 20.4 Å². The normalized spacial score (nSPS) is 12.4. The van der Waals surface area contributed by atoms with Gasteiger partial charge in [-0.25, -0.2) is 0 Å². The van der Waals surface area contributed by atoms with Crippen molar-refractivity contribution in [3.05, 3.63) is 36.2 Å². The lowest BCUT2D eigenvalue weighted by Crippen LogP contribution is -2.25. The van der Waals surface area contributed by atoms with Gasteiger partial charge in [-0.1, -0.05) is 6.92 Å². The summed E-state index contributed by atoms with van der Waals surface area (Å²) in [5.74, 6) is 0.745. The Balaban J connectivity index is 2.44. The molecule has 1 atom stereocenters. The quantitative estimate of drug-likeness (QED) is 0.851. The Kier molecular flexibility index (Phi) is 3.88. The smallest absolute Gasteiger partial charge is 0.161 e. The third-order valence-electron chi connectivity index (χ3n) is 2.73. The molecule has 0 aromatic carbocycles. The zero-order valence-corrected chi connectivity index (χ0v) is 10.8. The molecule has 0 aliphatic carbocycles. The summed E-state index contributed by atoms with van der Waals surface area (Å²) in [7, 11) is 3.53. The summed E-state index contributed by atoms with van der Waals surface area (Å²) < 4.78 is 7.14. The maximum Gasteiger partial charge on any atom is 0.161 e. The predicted octanol–water partition coefficient (Wildman–Crippen LogP) is 0.918. The first-order valence-electron chi connectivity index (χ1n) is 5.83. The fourth-order valence-electron chi connectivity index (χ4n) is 1.92. The highest BCUT2D eigenvalue weighted by Crippen LogP contribution is 2.27. The summed E-state index contributed by atoms with van der Waals surface area (Å²) in [6, 6.07) is -0.0776. The minimum absolute atomic E-state index is 0.0776. The Morgan fingerprint density at radius 2 is 2.22 bits per heavy atom. The van der Waals surface area contributed by atoms with Crippen LogP contribution < -0.4 is 10.1 Å². The Hall–Kier alpha value is -1.95. The van der Waals surface area contributed by atoms with E-state index in [0.717, 1.165) is 23.7 Å². The molecule has 1 N–H and O–H groups in total. The summed E-state index contributed by atoms with van der Waals surface area (Å²) in [6.45, 7) is 2.86. The van der Waals surface area contributed by atoms with Crippen LogP contribution in [0.4, 0.5) is 0 Å². The highest BCUT2D eigenvalue weighted by atomic mass is 16.5. The van der Waals surface area contributed by atoms with Crippen molar-refractivity contribution in [1.82, 2.24) is 25.1 Å². The SMILES string of the molecule is CCNC(c1cnccn1)c1c(OC)cnn1C. The van der Waals surface area contributed by atoms with Crippen molar-refractivity contribution in [2.45, 2.75) is 13.0 Å². The number of aryl methyl sites for hydroxylation is 1. The van der Waals surface area contributed by atoms with E-state index in [1.54, 1.807) is 36.6 Å². The van der Waals surface area contributed by atoms with Crippen LogP contribution in [0.3, 0.4) is 0 Å². The van der Waals surface area contributed by atoms with E-state index in [4.69, 9.17) is 4.74 Å². The first-order chi connectivity index (χ1) is 8.77. The lowest BCUT2D eigenvalue weighted by Gasteiger charge is -2.18. The summed E-state index contributed by atoms with van der Waals surface area (Å²) in [5.41, 5.74) is 1.79. The standard InChI is InChI=1S/C12H17N5O/c1-4-14-11(9-7-13-5-6-15-9)12-10(18-3)8-16-17(12)2/h5-8,11,14H,4H2,1-3H3. The molecule has 0 bridgehead atoms. The molecule has 0 aliphatic heterocycles. The molecular weight excluding hydrogens is 230 g/mol. The summed E-state index contributed by atoms with van der Waals surface area (Å²) in [5, 5.41) is 7.59. The second-order valence-electron chi connectivity index (χ2n) is 3.84. The zero-order valence-electron chi connectivity index (χ0n) is 10.8. The zero-order chi connectivity index (χ0) is 13.0. The van der Waals surface area contributed by atoms with E-state index in [1.165, 1.54) is 0 Å². The van der Waals surface area contributed by atoms with Crippen molar-refractivity contribution in [2.75, 3.05) is 13.7 Å². The maximum atomic E-state index is 5.34. The molecule has 0 radical (unpaired) electrons. The van der Waals surface area contributed by atoms with E-state index in [1.807, 2.05) is 14.0 Å². The first kappa shape index (κ1) is 12.5. The van der Waals surface area contributed by atoms with Crippen LogP contribution in [0.25, 0.3) is 0 Å². The van der Waals surface area contributed by atoms with Gasteiger partial charge in [0, 0.05) is 19.4 Å². The molecule has 2 rings (SSSR count). The van der Waals surface area contributed by atoms with Crippen molar-refractivity contribution in [3.8, 4) is 5.75 Å². The van der Waals surface area contributed by atoms with Gasteiger partial charge in [-0.15, -0.1) is 0 Å². The van der Waals surface area contributed by atoms with Crippen molar-refractivity contribution in [3.63, 3.8) is 0 Å². The van der Waals surface area contributed by atoms with Gasteiger partial charge < -0.3 is 10.1 Å². The fourth-order valence-corrected chi connectivity index (χ4v) is 1.92. The molecular formula is C12H17N5O.